The van der Waals surface area contributed by atoms with Crippen molar-refractivity contribution in [2.75, 3.05) is 19.6 Å². The zero-order valence-electron chi connectivity index (χ0n) is 11.3. The SMILES string of the molecule is CC(C)(C)OC(=O)NCC(=O)NC1CCNCC1. The van der Waals surface area contributed by atoms with Crippen LogP contribution in [-0.2, 0) is 9.53 Å². The fourth-order valence-corrected chi connectivity index (χ4v) is 1.71. The number of carbonyl (C=O) groups is 2. The maximum Gasteiger partial charge on any atom is 0.408 e. The molecule has 0 spiro atoms. The molecule has 1 rings (SSSR count). The number of nitrogens with one attached hydrogen (secondary N) is 3. The minimum Gasteiger partial charge on any atom is -0.444 e. The van der Waals surface area contributed by atoms with Gasteiger partial charge in [0.1, 0.15) is 12.1 Å². The number of amides is 2. The van der Waals surface area contributed by atoms with Gasteiger partial charge in [-0.3, -0.25) is 4.79 Å². The highest BCUT2D eigenvalue weighted by Gasteiger charge is 2.18. The number of hydrogen-bond donors (Lipinski definition) is 3. The Labute approximate surface area is 108 Å². The molecule has 0 unspecified atom stereocenters. The number of piperidine rings is 1. The van der Waals surface area contributed by atoms with Gasteiger partial charge in [-0.1, -0.05) is 0 Å². The van der Waals surface area contributed by atoms with E-state index in [0.717, 1.165) is 25.9 Å². The highest BCUT2D eigenvalue weighted by Crippen LogP contribution is 2.06. The average Bonchev–Trinajstić information content (AvgIpc) is 2.25. The van der Waals surface area contributed by atoms with Gasteiger partial charge in [-0.15, -0.1) is 0 Å². The van der Waals surface area contributed by atoms with Crippen molar-refractivity contribution in [3.8, 4) is 0 Å². The Morgan fingerprint density at radius 1 is 1.28 bits per heavy atom. The van der Waals surface area contributed by atoms with E-state index >= 15 is 0 Å². The van der Waals surface area contributed by atoms with Crippen molar-refractivity contribution < 1.29 is 14.3 Å². The Morgan fingerprint density at radius 3 is 2.44 bits per heavy atom. The molecule has 0 aromatic heterocycles. The predicted molar refractivity (Wildman–Crippen MR) is 68.3 cm³/mol. The molecule has 104 valence electrons. The summed E-state index contributed by atoms with van der Waals surface area (Å²) in [5.41, 5.74) is -0.546. The van der Waals surface area contributed by atoms with E-state index in [9.17, 15) is 9.59 Å². The van der Waals surface area contributed by atoms with Crippen LogP contribution in [0.3, 0.4) is 0 Å². The third kappa shape index (κ3) is 6.44. The van der Waals surface area contributed by atoms with Gasteiger partial charge >= 0.3 is 6.09 Å². The molecule has 6 nitrogen and oxygen atoms in total. The first kappa shape index (κ1) is 14.8. The minimum absolute atomic E-state index is 0.0428. The molecule has 0 saturated carbocycles. The molecule has 0 atom stereocenters. The molecule has 0 aromatic rings. The molecule has 1 aliphatic heterocycles. The largest absolute Gasteiger partial charge is 0.444 e. The Morgan fingerprint density at radius 2 is 1.89 bits per heavy atom. The summed E-state index contributed by atoms with van der Waals surface area (Å²) >= 11 is 0. The molecule has 0 bridgehead atoms. The Kier molecular flexibility index (Phi) is 5.40. The van der Waals surface area contributed by atoms with E-state index in [0.29, 0.717) is 0 Å². The Hall–Kier alpha value is -1.30. The number of hydrogen-bond acceptors (Lipinski definition) is 4. The van der Waals surface area contributed by atoms with Crippen molar-refractivity contribution in [2.24, 2.45) is 0 Å². The lowest BCUT2D eigenvalue weighted by Crippen LogP contribution is -2.46. The first-order chi connectivity index (χ1) is 8.37. The number of rotatable bonds is 3. The molecule has 6 heteroatoms. The van der Waals surface area contributed by atoms with Gasteiger partial charge in [-0.25, -0.2) is 4.79 Å². The lowest BCUT2D eigenvalue weighted by atomic mass is 10.1. The molecule has 18 heavy (non-hydrogen) atoms. The molecule has 0 aromatic carbocycles. The van der Waals surface area contributed by atoms with E-state index in [1.807, 2.05) is 0 Å². The van der Waals surface area contributed by atoms with Gasteiger partial charge in [0.2, 0.25) is 5.91 Å². The van der Waals surface area contributed by atoms with Crippen LogP contribution in [0.15, 0.2) is 0 Å². The highest BCUT2D eigenvalue weighted by molar-refractivity contribution is 5.82. The summed E-state index contributed by atoms with van der Waals surface area (Å²) in [6.45, 7) is 7.14. The second kappa shape index (κ2) is 6.58. The molecular weight excluding hydrogens is 234 g/mol. The maximum absolute atomic E-state index is 11.6. The van der Waals surface area contributed by atoms with Crippen LogP contribution in [0.2, 0.25) is 0 Å². The van der Waals surface area contributed by atoms with Crippen molar-refractivity contribution in [2.45, 2.75) is 45.3 Å². The van der Waals surface area contributed by atoms with Gasteiger partial charge in [0.05, 0.1) is 0 Å². The second-order valence-electron chi connectivity index (χ2n) is 5.45. The Bertz CT molecular complexity index is 293. The van der Waals surface area contributed by atoms with Crippen molar-refractivity contribution >= 4 is 12.0 Å². The number of carbonyl (C=O) groups excluding carboxylic acids is 2. The predicted octanol–water partition coefficient (Wildman–Crippen LogP) is 0.379. The summed E-state index contributed by atoms with van der Waals surface area (Å²) in [5, 5.41) is 8.55. The molecule has 1 heterocycles. The summed E-state index contributed by atoms with van der Waals surface area (Å²) in [6, 6.07) is 0.208. The van der Waals surface area contributed by atoms with Gasteiger partial charge in [0.15, 0.2) is 0 Å². The standard InChI is InChI=1S/C12H23N3O3/c1-12(2,3)18-11(17)14-8-10(16)15-9-4-6-13-7-5-9/h9,13H,4-8H2,1-3H3,(H,14,17)(H,15,16). The monoisotopic (exact) mass is 257 g/mol. The summed E-state index contributed by atoms with van der Waals surface area (Å²) in [5.74, 6) is -0.173. The van der Waals surface area contributed by atoms with Crippen LogP contribution < -0.4 is 16.0 Å². The van der Waals surface area contributed by atoms with E-state index in [2.05, 4.69) is 16.0 Å². The topological polar surface area (TPSA) is 79.5 Å². The zero-order chi connectivity index (χ0) is 13.6. The summed E-state index contributed by atoms with van der Waals surface area (Å²) < 4.78 is 5.04. The molecule has 2 amide bonds. The van der Waals surface area contributed by atoms with Crippen LogP contribution in [0.4, 0.5) is 4.79 Å². The summed E-state index contributed by atoms with van der Waals surface area (Å²) in [7, 11) is 0. The number of ether oxygens (including phenoxy) is 1. The van der Waals surface area contributed by atoms with Gasteiger partial charge < -0.3 is 20.7 Å². The van der Waals surface area contributed by atoms with Crippen LogP contribution in [-0.4, -0.2) is 43.3 Å². The van der Waals surface area contributed by atoms with E-state index in [4.69, 9.17) is 4.74 Å². The third-order valence-corrected chi connectivity index (χ3v) is 2.50. The van der Waals surface area contributed by atoms with E-state index in [1.54, 1.807) is 20.8 Å². The molecule has 0 aliphatic carbocycles. The van der Waals surface area contributed by atoms with E-state index < -0.39 is 11.7 Å². The van der Waals surface area contributed by atoms with Crippen LogP contribution >= 0.6 is 0 Å². The molecule has 1 aliphatic rings. The van der Waals surface area contributed by atoms with E-state index in [1.165, 1.54) is 0 Å². The van der Waals surface area contributed by atoms with Crippen molar-refractivity contribution in [3.63, 3.8) is 0 Å². The number of alkyl carbamates (subject to hydrolysis) is 1. The second-order valence-corrected chi connectivity index (χ2v) is 5.45. The third-order valence-electron chi connectivity index (χ3n) is 2.50. The Balaban J connectivity index is 2.18. The lowest BCUT2D eigenvalue weighted by Gasteiger charge is -2.24. The molecule has 1 fully saturated rings. The molecule has 0 radical (unpaired) electrons. The molecule has 3 N–H and O–H groups in total. The maximum atomic E-state index is 11.6. The first-order valence-electron chi connectivity index (χ1n) is 6.34. The summed E-state index contributed by atoms with van der Waals surface area (Å²) in [4.78, 5) is 22.9. The normalized spacial score (nSPS) is 17.1. The van der Waals surface area contributed by atoms with Crippen LogP contribution in [0.1, 0.15) is 33.6 Å². The van der Waals surface area contributed by atoms with Gasteiger partial charge in [0, 0.05) is 6.04 Å². The minimum atomic E-state index is -0.567. The smallest absolute Gasteiger partial charge is 0.408 e. The van der Waals surface area contributed by atoms with Gasteiger partial charge in [0.25, 0.3) is 0 Å². The lowest BCUT2D eigenvalue weighted by molar-refractivity contribution is -0.121. The fraction of sp³-hybridized carbons (Fsp3) is 0.833. The zero-order valence-corrected chi connectivity index (χ0v) is 11.3. The van der Waals surface area contributed by atoms with Crippen LogP contribution in [0.25, 0.3) is 0 Å². The summed E-state index contributed by atoms with van der Waals surface area (Å²) in [6.07, 6.45) is 1.29. The van der Waals surface area contributed by atoms with E-state index in [-0.39, 0.29) is 18.5 Å². The average molecular weight is 257 g/mol. The molecule has 1 saturated heterocycles. The van der Waals surface area contributed by atoms with Crippen LogP contribution in [0, 0.1) is 0 Å². The van der Waals surface area contributed by atoms with Gasteiger partial charge in [-0.2, -0.15) is 0 Å². The van der Waals surface area contributed by atoms with Crippen molar-refractivity contribution in [1.82, 2.24) is 16.0 Å². The van der Waals surface area contributed by atoms with Crippen LogP contribution in [0.5, 0.6) is 0 Å². The van der Waals surface area contributed by atoms with Gasteiger partial charge in [-0.05, 0) is 46.7 Å². The first-order valence-corrected chi connectivity index (χ1v) is 6.34. The quantitative estimate of drug-likeness (QED) is 0.683. The molecular formula is C12H23N3O3. The van der Waals surface area contributed by atoms with Crippen molar-refractivity contribution in [1.29, 1.82) is 0 Å². The fourth-order valence-electron chi connectivity index (χ4n) is 1.71. The van der Waals surface area contributed by atoms with Crippen molar-refractivity contribution in [3.05, 3.63) is 0 Å². The highest BCUT2D eigenvalue weighted by atomic mass is 16.6.